The van der Waals surface area contributed by atoms with Crippen molar-refractivity contribution in [3.05, 3.63) is 30.3 Å². The standard InChI is InChI=1S/C11H7F10N/c12-7(22-6-4-2-1-3-5-6)8(13,14)9(15,16)10(17,18)11(19,20)21/h1-5,7,22H. The summed E-state index contributed by atoms with van der Waals surface area (Å²) in [5, 5.41) is 1.11. The van der Waals surface area contributed by atoms with Gasteiger partial charge in [0.25, 0.3) is 0 Å². The Labute approximate surface area is 116 Å². The molecule has 0 amide bonds. The van der Waals surface area contributed by atoms with Gasteiger partial charge in [0.05, 0.1) is 0 Å². The van der Waals surface area contributed by atoms with Crippen LogP contribution in [0.4, 0.5) is 49.6 Å². The summed E-state index contributed by atoms with van der Waals surface area (Å²) >= 11 is 0. The normalized spacial score (nSPS) is 15.5. The number of hydrogen-bond donors (Lipinski definition) is 1. The highest BCUT2D eigenvalue weighted by Gasteiger charge is 2.83. The van der Waals surface area contributed by atoms with Crippen molar-refractivity contribution in [2.75, 3.05) is 5.32 Å². The van der Waals surface area contributed by atoms with Gasteiger partial charge in [0.1, 0.15) is 0 Å². The number of halogens is 10. The summed E-state index contributed by atoms with van der Waals surface area (Å²) in [7, 11) is 0. The van der Waals surface area contributed by atoms with Crippen LogP contribution in [-0.4, -0.2) is 30.2 Å². The zero-order chi connectivity index (χ0) is 17.4. The molecule has 0 saturated heterocycles. The molecule has 22 heavy (non-hydrogen) atoms. The lowest BCUT2D eigenvalue weighted by Gasteiger charge is -2.35. The van der Waals surface area contributed by atoms with Crippen molar-refractivity contribution in [3.63, 3.8) is 0 Å². The number of rotatable bonds is 5. The first-order chi connectivity index (χ1) is 9.75. The van der Waals surface area contributed by atoms with Gasteiger partial charge in [0.15, 0.2) is 0 Å². The van der Waals surface area contributed by atoms with Gasteiger partial charge in [0.2, 0.25) is 6.30 Å². The molecule has 1 aromatic carbocycles. The molecule has 0 fully saturated rings. The molecule has 126 valence electrons. The third kappa shape index (κ3) is 2.93. The molecule has 1 atom stereocenters. The summed E-state index contributed by atoms with van der Waals surface area (Å²) in [6.45, 7) is 0. The smallest absolute Gasteiger partial charge is 0.351 e. The number of nitrogens with one attached hydrogen (secondary N) is 1. The molecule has 1 aromatic rings. The minimum absolute atomic E-state index is 0.513. The Bertz CT molecular complexity index is 495. The van der Waals surface area contributed by atoms with Gasteiger partial charge in [-0.25, -0.2) is 4.39 Å². The fraction of sp³-hybridized carbons (Fsp3) is 0.455. The van der Waals surface area contributed by atoms with Crippen LogP contribution in [0.3, 0.4) is 0 Å². The second-order valence-electron chi connectivity index (χ2n) is 4.14. The van der Waals surface area contributed by atoms with Crippen molar-refractivity contribution in [3.8, 4) is 0 Å². The molecule has 1 nitrogen and oxygen atoms in total. The number of para-hydroxylation sites is 1. The lowest BCUT2D eigenvalue weighted by Crippen LogP contribution is -2.64. The average Bonchev–Trinajstić information content (AvgIpc) is 2.38. The highest BCUT2D eigenvalue weighted by atomic mass is 19.4. The molecule has 1 rings (SSSR count). The monoisotopic (exact) mass is 343 g/mol. The van der Waals surface area contributed by atoms with Crippen molar-refractivity contribution in [1.82, 2.24) is 0 Å². The van der Waals surface area contributed by atoms with Gasteiger partial charge in [-0.2, -0.15) is 39.5 Å². The maximum atomic E-state index is 13.2. The molecule has 0 bridgehead atoms. The van der Waals surface area contributed by atoms with Gasteiger partial charge in [-0.15, -0.1) is 0 Å². The van der Waals surface area contributed by atoms with Crippen molar-refractivity contribution in [2.24, 2.45) is 0 Å². The summed E-state index contributed by atoms with van der Waals surface area (Å²) in [5.41, 5.74) is -0.513. The Kier molecular flexibility index (Phi) is 4.60. The van der Waals surface area contributed by atoms with Gasteiger partial charge >= 0.3 is 23.9 Å². The van der Waals surface area contributed by atoms with Gasteiger partial charge in [-0.3, -0.25) is 0 Å². The van der Waals surface area contributed by atoms with Crippen LogP contribution in [0, 0.1) is 0 Å². The molecule has 0 aliphatic rings. The number of benzene rings is 1. The maximum Gasteiger partial charge on any atom is 0.460 e. The van der Waals surface area contributed by atoms with E-state index in [0.717, 1.165) is 29.6 Å². The predicted octanol–water partition coefficient (Wildman–Crippen LogP) is 4.86. The molecule has 0 radical (unpaired) electrons. The highest BCUT2D eigenvalue weighted by Crippen LogP contribution is 2.54. The lowest BCUT2D eigenvalue weighted by molar-refractivity contribution is -0.401. The summed E-state index contributed by atoms with van der Waals surface area (Å²) < 4.78 is 126. The van der Waals surface area contributed by atoms with Crippen LogP contribution in [0.15, 0.2) is 30.3 Å². The lowest BCUT2D eigenvalue weighted by atomic mass is 10.0. The fourth-order valence-electron chi connectivity index (χ4n) is 1.32. The van der Waals surface area contributed by atoms with Gasteiger partial charge in [0, 0.05) is 5.69 Å². The minimum Gasteiger partial charge on any atom is -0.351 e. The van der Waals surface area contributed by atoms with E-state index in [0.29, 0.717) is 0 Å². The molecule has 1 unspecified atom stereocenters. The molecule has 0 saturated carbocycles. The molecule has 0 heterocycles. The van der Waals surface area contributed by atoms with Crippen molar-refractivity contribution >= 4 is 5.69 Å². The molecular formula is C11H7F10N. The van der Waals surface area contributed by atoms with E-state index in [1.807, 2.05) is 0 Å². The van der Waals surface area contributed by atoms with Crippen molar-refractivity contribution < 1.29 is 43.9 Å². The molecule has 0 spiro atoms. The molecular weight excluding hydrogens is 336 g/mol. The van der Waals surface area contributed by atoms with E-state index >= 15 is 0 Å². The zero-order valence-corrected chi connectivity index (χ0v) is 10.2. The highest BCUT2D eigenvalue weighted by molar-refractivity contribution is 5.43. The van der Waals surface area contributed by atoms with E-state index in [-0.39, 0.29) is 0 Å². The predicted molar refractivity (Wildman–Crippen MR) is 55.9 cm³/mol. The van der Waals surface area contributed by atoms with Crippen LogP contribution in [-0.2, 0) is 0 Å². The van der Waals surface area contributed by atoms with E-state index in [4.69, 9.17) is 0 Å². The largest absolute Gasteiger partial charge is 0.460 e. The van der Waals surface area contributed by atoms with Crippen LogP contribution < -0.4 is 5.32 Å². The molecule has 11 heteroatoms. The minimum atomic E-state index is -7.12. The van der Waals surface area contributed by atoms with Crippen LogP contribution >= 0.6 is 0 Å². The second-order valence-corrected chi connectivity index (χ2v) is 4.14. The first-order valence-corrected chi connectivity index (χ1v) is 5.41. The van der Waals surface area contributed by atoms with E-state index in [1.54, 1.807) is 0 Å². The molecule has 0 aliphatic carbocycles. The zero-order valence-electron chi connectivity index (χ0n) is 10.2. The van der Waals surface area contributed by atoms with Crippen LogP contribution in [0.5, 0.6) is 0 Å². The summed E-state index contributed by atoms with van der Waals surface area (Å²) in [6.07, 6.45) is -11.2. The molecule has 1 N–H and O–H groups in total. The first-order valence-electron chi connectivity index (χ1n) is 5.41. The Balaban J connectivity index is 3.10. The maximum absolute atomic E-state index is 13.2. The van der Waals surface area contributed by atoms with Crippen molar-refractivity contribution in [2.45, 2.75) is 30.2 Å². The van der Waals surface area contributed by atoms with E-state index in [2.05, 4.69) is 0 Å². The van der Waals surface area contributed by atoms with Crippen LogP contribution in [0.1, 0.15) is 0 Å². The average molecular weight is 343 g/mol. The number of alkyl halides is 10. The topological polar surface area (TPSA) is 12.0 Å². The Morgan fingerprint density at radius 2 is 1.18 bits per heavy atom. The third-order valence-corrected chi connectivity index (χ3v) is 2.55. The third-order valence-electron chi connectivity index (χ3n) is 2.55. The summed E-state index contributed by atoms with van der Waals surface area (Å²) in [4.78, 5) is 0. The summed E-state index contributed by atoms with van der Waals surface area (Å²) in [5.74, 6) is -20.5. The second kappa shape index (κ2) is 5.51. The SMILES string of the molecule is FC(Nc1ccccc1)C(F)(F)C(F)(F)C(F)(F)C(F)(F)F. The van der Waals surface area contributed by atoms with E-state index in [1.165, 1.54) is 6.07 Å². The number of hydrogen-bond acceptors (Lipinski definition) is 1. The van der Waals surface area contributed by atoms with E-state index in [9.17, 15) is 43.9 Å². The van der Waals surface area contributed by atoms with E-state index < -0.39 is 35.9 Å². The van der Waals surface area contributed by atoms with Crippen molar-refractivity contribution in [1.29, 1.82) is 0 Å². The van der Waals surface area contributed by atoms with Gasteiger partial charge in [-0.05, 0) is 12.1 Å². The number of anilines is 1. The summed E-state index contributed by atoms with van der Waals surface area (Å²) in [6, 6.07) is 5.50. The van der Waals surface area contributed by atoms with Gasteiger partial charge < -0.3 is 5.32 Å². The fourth-order valence-corrected chi connectivity index (χ4v) is 1.32. The Hall–Kier alpha value is -1.68. The van der Waals surface area contributed by atoms with Gasteiger partial charge in [-0.1, -0.05) is 18.2 Å². The molecule has 0 aromatic heterocycles. The Morgan fingerprint density at radius 1 is 0.727 bits per heavy atom. The Morgan fingerprint density at radius 3 is 1.59 bits per heavy atom. The first kappa shape index (κ1) is 18.4. The quantitative estimate of drug-likeness (QED) is 0.595. The molecule has 0 aliphatic heterocycles. The van der Waals surface area contributed by atoms with Crippen LogP contribution in [0.25, 0.3) is 0 Å². The van der Waals surface area contributed by atoms with Crippen LogP contribution in [0.2, 0.25) is 0 Å².